The largest absolute Gasteiger partial charge is 0.409 e. The van der Waals surface area contributed by atoms with E-state index in [0.717, 1.165) is 26.2 Å². The number of aliphatic hydroxyl groups is 1. The number of nitrogens with two attached hydrogens (primary N) is 1. The predicted molar refractivity (Wildman–Crippen MR) is 77.7 cm³/mol. The number of β-amino-alcohol motifs (C(OH)–C–C–N with tert-alkyl or cyclic N) is 1. The first-order valence-electron chi connectivity index (χ1n) is 6.96. The zero-order valence-electron chi connectivity index (χ0n) is 11.9. The molecule has 0 amide bonds. The molecule has 1 fully saturated rings. The zero-order valence-corrected chi connectivity index (χ0v) is 11.9. The number of hydrogen-bond donors (Lipinski definition) is 3. The number of aliphatic hydroxyl groups excluding tert-OH is 1. The van der Waals surface area contributed by atoms with E-state index in [1.807, 2.05) is 0 Å². The molecule has 0 aromatic heterocycles. The Morgan fingerprint density at radius 2 is 1.90 bits per heavy atom. The molecule has 1 saturated heterocycles. The van der Waals surface area contributed by atoms with Gasteiger partial charge in [0.25, 0.3) is 0 Å². The van der Waals surface area contributed by atoms with Crippen LogP contribution in [0, 0.1) is 5.82 Å². The van der Waals surface area contributed by atoms with Crippen LogP contribution in [0.25, 0.3) is 0 Å². The molecule has 0 bridgehead atoms. The average molecular weight is 296 g/mol. The van der Waals surface area contributed by atoms with Crippen LogP contribution in [0.4, 0.5) is 4.39 Å². The third kappa shape index (κ3) is 3.90. The lowest BCUT2D eigenvalue weighted by Crippen LogP contribution is -2.46. The van der Waals surface area contributed by atoms with Gasteiger partial charge in [0.1, 0.15) is 5.82 Å². The summed E-state index contributed by atoms with van der Waals surface area (Å²) in [6.07, 6.45) is 0. The lowest BCUT2D eigenvalue weighted by atomic mass is 10.1. The maximum absolute atomic E-state index is 14.3. The standard InChI is InChI=1S/C14H21FN4O2/c15-13-11(2-1-3-12(13)14(16)17-21)10-19-6-4-18(5-7-19)8-9-20/h1-3,20-21H,4-10H2,(H2,16,17). The molecule has 21 heavy (non-hydrogen) atoms. The zero-order chi connectivity index (χ0) is 15.2. The normalized spacial score (nSPS) is 18.1. The van der Waals surface area contributed by atoms with Gasteiger partial charge in [-0.3, -0.25) is 9.80 Å². The molecule has 1 aliphatic rings. The van der Waals surface area contributed by atoms with E-state index >= 15 is 0 Å². The summed E-state index contributed by atoms with van der Waals surface area (Å²) in [5.41, 5.74) is 6.12. The summed E-state index contributed by atoms with van der Waals surface area (Å²) in [6.45, 7) is 4.72. The Bertz CT molecular complexity index is 502. The Hall–Kier alpha value is -1.70. The molecule has 0 aliphatic carbocycles. The van der Waals surface area contributed by atoms with Crippen molar-refractivity contribution < 1.29 is 14.7 Å². The van der Waals surface area contributed by atoms with Gasteiger partial charge in [-0.05, 0) is 6.07 Å². The van der Waals surface area contributed by atoms with E-state index in [1.54, 1.807) is 12.1 Å². The molecule has 1 heterocycles. The van der Waals surface area contributed by atoms with Crippen molar-refractivity contribution in [2.24, 2.45) is 10.9 Å². The van der Waals surface area contributed by atoms with E-state index in [2.05, 4.69) is 15.0 Å². The molecule has 0 unspecified atom stereocenters. The second kappa shape index (κ2) is 7.35. The van der Waals surface area contributed by atoms with Gasteiger partial charge in [-0.15, -0.1) is 0 Å². The van der Waals surface area contributed by atoms with Gasteiger partial charge in [0.15, 0.2) is 5.84 Å². The molecule has 1 aromatic carbocycles. The minimum atomic E-state index is -0.439. The Labute approximate surface area is 123 Å². The fourth-order valence-corrected chi connectivity index (χ4v) is 2.51. The van der Waals surface area contributed by atoms with E-state index < -0.39 is 5.82 Å². The maximum Gasteiger partial charge on any atom is 0.173 e. The number of benzene rings is 1. The summed E-state index contributed by atoms with van der Waals surface area (Å²) in [5, 5.41) is 20.4. The van der Waals surface area contributed by atoms with E-state index in [-0.39, 0.29) is 18.0 Å². The molecule has 0 atom stereocenters. The Morgan fingerprint density at radius 3 is 2.52 bits per heavy atom. The molecular weight excluding hydrogens is 275 g/mol. The minimum absolute atomic E-state index is 0.119. The molecule has 6 nitrogen and oxygen atoms in total. The van der Waals surface area contributed by atoms with Crippen LogP contribution in [0.5, 0.6) is 0 Å². The smallest absolute Gasteiger partial charge is 0.173 e. The minimum Gasteiger partial charge on any atom is -0.409 e. The van der Waals surface area contributed by atoms with E-state index in [4.69, 9.17) is 16.0 Å². The van der Waals surface area contributed by atoms with Crippen LogP contribution in [0.15, 0.2) is 23.4 Å². The van der Waals surface area contributed by atoms with Gasteiger partial charge in [0, 0.05) is 44.8 Å². The Balaban J connectivity index is 2.01. The lowest BCUT2D eigenvalue weighted by Gasteiger charge is -2.34. The number of oxime groups is 1. The maximum atomic E-state index is 14.3. The van der Waals surface area contributed by atoms with Crippen molar-refractivity contribution >= 4 is 5.84 Å². The van der Waals surface area contributed by atoms with Crippen LogP contribution in [0.3, 0.4) is 0 Å². The van der Waals surface area contributed by atoms with Gasteiger partial charge < -0.3 is 16.0 Å². The van der Waals surface area contributed by atoms with Crippen LogP contribution in [0.2, 0.25) is 0 Å². The van der Waals surface area contributed by atoms with Crippen molar-refractivity contribution in [3.8, 4) is 0 Å². The number of halogens is 1. The van der Waals surface area contributed by atoms with E-state index in [1.165, 1.54) is 6.07 Å². The summed E-state index contributed by atoms with van der Waals surface area (Å²) < 4.78 is 14.3. The highest BCUT2D eigenvalue weighted by Crippen LogP contribution is 2.16. The molecule has 1 aliphatic heterocycles. The van der Waals surface area contributed by atoms with Gasteiger partial charge in [-0.25, -0.2) is 4.39 Å². The van der Waals surface area contributed by atoms with E-state index in [0.29, 0.717) is 18.7 Å². The average Bonchev–Trinajstić information content (AvgIpc) is 2.51. The first kappa shape index (κ1) is 15.7. The molecule has 0 saturated carbocycles. The number of rotatable bonds is 5. The molecule has 2 rings (SSSR count). The number of hydrogen-bond acceptors (Lipinski definition) is 5. The second-order valence-electron chi connectivity index (χ2n) is 5.11. The quantitative estimate of drug-likeness (QED) is 0.309. The van der Waals surface area contributed by atoms with Gasteiger partial charge >= 0.3 is 0 Å². The molecule has 4 N–H and O–H groups in total. The van der Waals surface area contributed by atoms with Gasteiger partial charge in [-0.1, -0.05) is 17.3 Å². The third-order valence-electron chi connectivity index (χ3n) is 3.74. The van der Waals surface area contributed by atoms with Crippen molar-refractivity contribution in [1.29, 1.82) is 0 Å². The van der Waals surface area contributed by atoms with Gasteiger partial charge in [0.2, 0.25) is 0 Å². The van der Waals surface area contributed by atoms with E-state index in [9.17, 15) is 4.39 Å². The molecule has 116 valence electrons. The highest BCUT2D eigenvalue weighted by Gasteiger charge is 2.19. The molecule has 7 heteroatoms. The summed E-state index contributed by atoms with van der Waals surface area (Å²) in [5.74, 6) is -0.660. The number of piperazine rings is 1. The van der Waals surface area contributed by atoms with Crippen LogP contribution >= 0.6 is 0 Å². The second-order valence-corrected chi connectivity index (χ2v) is 5.11. The molecule has 0 radical (unpaired) electrons. The van der Waals surface area contributed by atoms with Crippen molar-refractivity contribution in [3.63, 3.8) is 0 Å². The molecule has 0 spiro atoms. The van der Waals surface area contributed by atoms with Gasteiger partial charge in [-0.2, -0.15) is 0 Å². The summed E-state index contributed by atoms with van der Waals surface area (Å²) >= 11 is 0. The highest BCUT2D eigenvalue weighted by atomic mass is 19.1. The fourth-order valence-electron chi connectivity index (χ4n) is 2.51. The Morgan fingerprint density at radius 1 is 1.24 bits per heavy atom. The van der Waals surface area contributed by atoms with Gasteiger partial charge in [0.05, 0.1) is 12.2 Å². The van der Waals surface area contributed by atoms with Crippen molar-refractivity contribution in [3.05, 3.63) is 35.1 Å². The van der Waals surface area contributed by atoms with Crippen LogP contribution in [0.1, 0.15) is 11.1 Å². The first-order chi connectivity index (χ1) is 10.2. The third-order valence-corrected chi connectivity index (χ3v) is 3.74. The van der Waals surface area contributed by atoms with Crippen LogP contribution < -0.4 is 5.73 Å². The predicted octanol–water partition coefficient (Wildman–Crippen LogP) is 0.0301. The first-order valence-corrected chi connectivity index (χ1v) is 6.96. The monoisotopic (exact) mass is 296 g/mol. The summed E-state index contributed by atoms with van der Waals surface area (Å²) in [6, 6.07) is 4.91. The number of amidine groups is 1. The summed E-state index contributed by atoms with van der Waals surface area (Å²) in [4.78, 5) is 4.34. The molecular formula is C14H21FN4O2. The highest BCUT2D eigenvalue weighted by molar-refractivity contribution is 5.97. The topological polar surface area (TPSA) is 85.3 Å². The SMILES string of the molecule is N/C(=N/O)c1cccc(CN2CCN(CCO)CC2)c1F. The van der Waals surface area contributed by atoms with Crippen molar-refractivity contribution in [1.82, 2.24) is 9.80 Å². The van der Waals surface area contributed by atoms with Crippen molar-refractivity contribution in [2.75, 3.05) is 39.3 Å². The Kier molecular flexibility index (Phi) is 5.49. The van der Waals surface area contributed by atoms with Crippen LogP contribution in [-0.2, 0) is 6.54 Å². The lowest BCUT2D eigenvalue weighted by molar-refractivity contribution is 0.108. The molecule has 1 aromatic rings. The van der Waals surface area contributed by atoms with Crippen molar-refractivity contribution in [2.45, 2.75) is 6.54 Å². The summed E-state index contributed by atoms with van der Waals surface area (Å²) in [7, 11) is 0. The van der Waals surface area contributed by atoms with Crippen LogP contribution in [-0.4, -0.2) is 65.3 Å². The fraction of sp³-hybridized carbons (Fsp3) is 0.500. The number of nitrogens with zero attached hydrogens (tertiary/aromatic N) is 3.